The summed E-state index contributed by atoms with van der Waals surface area (Å²) in [7, 11) is 1.45. The highest BCUT2D eigenvalue weighted by Gasteiger charge is 2.41. The second-order valence-corrected chi connectivity index (χ2v) is 10.1. The van der Waals surface area contributed by atoms with Gasteiger partial charge < -0.3 is 25.2 Å². The molecular formula is C28H38F3N3O5. The molecule has 39 heavy (non-hydrogen) atoms. The first-order valence-electron chi connectivity index (χ1n) is 12.7. The van der Waals surface area contributed by atoms with Crippen LogP contribution in [0.25, 0.3) is 0 Å². The number of benzene rings is 2. The summed E-state index contributed by atoms with van der Waals surface area (Å²) in [5, 5.41) is 17.6. The molecule has 0 aromatic heterocycles. The first kappa shape index (κ1) is 31.7. The number of hydrogen-bond acceptors (Lipinski definition) is 6. The van der Waals surface area contributed by atoms with Crippen LogP contribution in [0.15, 0.2) is 48.5 Å². The summed E-state index contributed by atoms with van der Waals surface area (Å²) in [6, 6.07) is 10.2. The van der Waals surface area contributed by atoms with Crippen LogP contribution in [0.5, 0.6) is 11.5 Å². The van der Waals surface area contributed by atoms with Gasteiger partial charge in [-0.3, -0.25) is 10.1 Å². The van der Waals surface area contributed by atoms with Crippen LogP contribution < -0.4 is 25.4 Å². The van der Waals surface area contributed by atoms with Gasteiger partial charge in [-0.15, -0.1) is 0 Å². The average Bonchev–Trinajstić information content (AvgIpc) is 2.85. The van der Waals surface area contributed by atoms with Crippen LogP contribution in [0, 0.1) is 5.92 Å². The largest absolute Gasteiger partial charge is 0.494 e. The highest BCUT2D eigenvalue weighted by atomic mass is 19.4. The summed E-state index contributed by atoms with van der Waals surface area (Å²) in [6.45, 7) is 6.97. The van der Waals surface area contributed by atoms with Gasteiger partial charge in [0.1, 0.15) is 17.5 Å². The number of halogens is 3. The SMILES string of the molecule is COc1cc(OC(C)(C)C(=O)O)ccc1NCCNC(=O)C(CC(C)C)NC(Cc1ccccc1)C(F)(F)F. The summed E-state index contributed by atoms with van der Waals surface area (Å²) < 4.78 is 52.4. The second kappa shape index (κ2) is 14.1. The van der Waals surface area contributed by atoms with Crippen LogP contribution in [0.2, 0.25) is 0 Å². The summed E-state index contributed by atoms with van der Waals surface area (Å²) >= 11 is 0. The molecule has 4 N–H and O–H groups in total. The number of anilines is 1. The van der Waals surface area contributed by atoms with Crippen molar-refractivity contribution in [1.82, 2.24) is 10.6 Å². The molecule has 0 fully saturated rings. The molecule has 2 unspecified atom stereocenters. The van der Waals surface area contributed by atoms with Crippen LogP contribution in [0.4, 0.5) is 18.9 Å². The molecule has 2 aromatic rings. The molecule has 0 heterocycles. The fraction of sp³-hybridized carbons (Fsp3) is 0.500. The van der Waals surface area contributed by atoms with Gasteiger partial charge in [-0.05, 0) is 50.3 Å². The standard InChI is InChI=1S/C28H38F3N3O5/c1-18(2)15-22(34-24(28(29,30)31)16-19-9-7-6-8-10-19)25(35)33-14-13-32-21-12-11-20(17-23(21)38-5)39-27(3,4)26(36)37/h6-12,17-18,22,24,32,34H,13-16H2,1-5H3,(H,33,35)(H,36,37). The van der Waals surface area contributed by atoms with Gasteiger partial charge in [0.2, 0.25) is 5.91 Å². The van der Waals surface area contributed by atoms with E-state index in [1.807, 2.05) is 13.8 Å². The maximum absolute atomic E-state index is 13.8. The molecule has 8 nitrogen and oxygen atoms in total. The number of carboxylic acid groups (broad SMARTS) is 1. The van der Waals surface area contributed by atoms with E-state index in [9.17, 15) is 27.9 Å². The Labute approximate surface area is 227 Å². The van der Waals surface area contributed by atoms with E-state index >= 15 is 0 Å². The zero-order valence-electron chi connectivity index (χ0n) is 22.9. The second-order valence-electron chi connectivity index (χ2n) is 10.1. The number of hydrogen-bond donors (Lipinski definition) is 4. The lowest BCUT2D eigenvalue weighted by Crippen LogP contribution is -2.54. The van der Waals surface area contributed by atoms with Gasteiger partial charge in [0.15, 0.2) is 5.60 Å². The normalized spacial score (nSPS) is 13.5. The molecule has 0 radical (unpaired) electrons. The van der Waals surface area contributed by atoms with E-state index in [2.05, 4.69) is 16.0 Å². The number of alkyl halides is 3. The lowest BCUT2D eigenvalue weighted by molar-refractivity contribution is -0.159. The van der Waals surface area contributed by atoms with E-state index in [4.69, 9.17) is 9.47 Å². The van der Waals surface area contributed by atoms with Gasteiger partial charge in [-0.1, -0.05) is 44.2 Å². The van der Waals surface area contributed by atoms with Gasteiger partial charge in [-0.2, -0.15) is 13.2 Å². The van der Waals surface area contributed by atoms with Crippen molar-refractivity contribution >= 4 is 17.6 Å². The van der Waals surface area contributed by atoms with Gasteiger partial charge in [0.05, 0.1) is 18.8 Å². The molecular weight excluding hydrogens is 515 g/mol. The minimum Gasteiger partial charge on any atom is -0.494 e. The van der Waals surface area contributed by atoms with Crippen molar-refractivity contribution in [3.8, 4) is 11.5 Å². The van der Waals surface area contributed by atoms with Crippen molar-refractivity contribution in [3.63, 3.8) is 0 Å². The molecule has 0 aliphatic rings. The molecule has 0 bridgehead atoms. The van der Waals surface area contributed by atoms with Gasteiger partial charge in [0.25, 0.3) is 0 Å². The monoisotopic (exact) mass is 553 g/mol. The van der Waals surface area contributed by atoms with E-state index in [1.54, 1.807) is 42.5 Å². The molecule has 0 aliphatic carbocycles. The summed E-state index contributed by atoms with van der Waals surface area (Å²) in [5.41, 5.74) is -0.335. The Morgan fingerprint density at radius 3 is 2.26 bits per heavy atom. The third-order valence-electron chi connectivity index (χ3n) is 5.90. The molecule has 216 valence electrons. The van der Waals surface area contributed by atoms with E-state index in [0.717, 1.165) is 0 Å². The molecule has 0 aliphatic heterocycles. The summed E-state index contributed by atoms with van der Waals surface area (Å²) in [5.74, 6) is -0.942. The molecule has 0 saturated heterocycles. The lowest BCUT2D eigenvalue weighted by atomic mass is 9.99. The van der Waals surface area contributed by atoms with E-state index < -0.39 is 35.7 Å². The Morgan fingerprint density at radius 2 is 1.69 bits per heavy atom. The number of aliphatic carboxylic acids is 1. The van der Waals surface area contributed by atoms with Crippen molar-refractivity contribution < 1.29 is 37.3 Å². The summed E-state index contributed by atoms with van der Waals surface area (Å²) in [6.07, 6.45) is -4.57. The maximum Gasteiger partial charge on any atom is 0.404 e. The molecule has 11 heteroatoms. The molecule has 2 aromatic carbocycles. The molecule has 0 saturated carbocycles. The first-order valence-corrected chi connectivity index (χ1v) is 12.7. The average molecular weight is 554 g/mol. The molecule has 1 amide bonds. The van der Waals surface area contributed by atoms with Crippen LogP contribution in [0.3, 0.4) is 0 Å². The highest BCUT2D eigenvalue weighted by molar-refractivity contribution is 5.81. The quantitative estimate of drug-likeness (QED) is 0.238. The van der Waals surface area contributed by atoms with Crippen LogP contribution in [-0.4, -0.2) is 61.0 Å². The Morgan fingerprint density at radius 1 is 1.03 bits per heavy atom. The zero-order valence-corrected chi connectivity index (χ0v) is 22.9. The number of ether oxygens (including phenoxy) is 2. The molecule has 0 spiro atoms. The molecule has 2 rings (SSSR count). The maximum atomic E-state index is 13.8. The number of methoxy groups -OCH3 is 1. The van der Waals surface area contributed by atoms with Gasteiger partial charge in [0, 0.05) is 19.2 Å². The van der Waals surface area contributed by atoms with Gasteiger partial charge in [-0.25, -0.2) is 4.79 Å². The summed E-state index contributed by atoms with van der Waals surface area (Å²) in [4.78, 5) is 24.2. The van der Waals surface area contributed by atoms with Crippen molar-refractivity contribution in [2.45, 2.75) is 64.4 Å². The zero-order chi connectivity index (χ0) is 29.2. The fourth-order valence-corrected chi connectivity index (χ4v) is 3.81. The van der Waals surface area contributed by atoms with Crippen molar-refractivity contribution in [2.24, 2.45) is 5.92 Å². The number of rotatable bonds is 15. The Kier molecular flexibility index (Phi) is 11.5. The fourth-order valence-electron chi connectivity index (χ4n) is 3.81. The van der Waals surface area contributed by atoms with Gasteiger partial charge >= 0.3 is 12.1 Å². The number of carboxylic acids is 1. The van der Waals surface area contributed by atoms with E-state index in [1.165, 1.54) is 27.0 Å². The first-order chi connectivity index (χ1) is 18.2. The predicted octanol–water partition coefficient (Wildman–Crippen LogP) is 4.64. The van der Waals surface area contributed by atoms with Crippen LogP contribution in [-0.2, 0) is 16.0 Å². The third-order valence-corrected chi connectivity index (χ3v) is 5.90. The number of carbonyl (C=O) groups is 2. The Hall–Kier alpha value is -3.47. The van der Waals surface area contributed by atoms with Crippen molar-refractivity contribution in [2.75, 3.05) is 25.5 Å². The van der Waals surface area contributed by atoms with Crippen LogP contribution >= 0.6 is 0 Å². The van der Waals surface area contributed by atoms with Crippen LogP contribution in [0.1, 0.15) is 39.7 Å². The smallest absolute Gasteiger partial charge is 0.404 e. The Balaban J connectivity index is 2.00. The van der Waals surface area contributed by atoms with E-state index in [-0.39, 0.29) is 31.8 Å². The third kappa shape index (κ3) is 10.3. The number of carbonyl (C=O) groups excluding carboxylic acids is 1. The topological polar surface area (TPSA) is 109 Å². The Bertz CT molecular complexity index is 1080. The number of amides is 1. The van der Waals surface area contributed by atoms with Crippen molar-refractivity contribution in [1.29, 1.82) is 0 Å². The predicted molar refractivity (Wildman–Crippen MR) is 143 cm³/mol. The highest BCUT2D eigenvalue weighted by Crippen LogP contribution is 2.31. The minimum atomic E-state index is -4.53. The van der Waals surface area contributed by atoms with Crippen molar-refractivity contribution in [3.05, 3.63) is 54.1 Å². The molecule has 2 atom stereocenters. The van der Waals surface area contributed by atoms with E-state index in [0.29, 0.717) is 22.7 Å². The minimum absolute atomic E-state index is 0.00640. The lowest BCUT2D eigenvalue weighted by Gasteiger charge is -2.28. The number of nitrogens with one attached hydrogen (secondary N) is 3.